The predicted molar refractivity (Wildman–Crippen MR) is 107 cm³/mol. The number of benzene rings is 1. The monoisotopic (exact) mass is 365 g/mol. The first-order valence-electron chi connectivity index (χ1n) is 8.09. The van der Waals surface area contributed by atoms with Gasteiger partial charge < -0.3 is 4.74 Å². The van der Waals surface area contributed by atoms with Crippen LogP contribution in [0.1, 0.15) is 11.3 Å². The van der Waals surface area contributed by atoms with Crippen molar-refractivity contribution in [1.82, 2.24) is 9.88 Å². The Bertz CT molecular complexity index is 905. The Balaban J connectivity index is 1.95. The number of hydrogen-bond donors (Lipinski definition) is 0. The van der Waals surface area contributed by atoms with E-state index in [4.69, 9.17) is 4.74 Å². The average molecular weight is 365 g/mol. The van der Waals surface area contributed by atoms with Gasteiger partial charge in [0.15, 0.2) is 11.0 Å². The molecule has 6 heteroatoms. The standard InChI is InChI=1S/C20H19N3O2S/c1-4-11-23-19(24)17(13-15-8-6-9-16(12-15)25-3)26-20(23)22-18-10-5-7-14(2)21-18/h4-10,12-13H,1,11H2,2-3H3/b17-13-,22-20+. The molecule has 0 atom stereocenters. The Morgan fingerprint density at radius 2 is 2.12 bits per heavy atom. The van der Waals surface area contributed by atoms with Gasteiger partial charge in [-0.05, 0) is 54.6 Å². The van der Waals surface area contributed by atoms with E-state index in [-0.39, 0.29) is 5.91 Å². The van der Waals surface area contributed by atoms with Gasteiger partial charge in [0.1, 0.15) is 5.75 Å². The molecule has 1 aliphatic heterocycles. The van der Waals surface area contributed by atoms with E-state index in [9.17, 15) is 4.79 Å². The molecule has 1 amide bonds. The number of amidine groups is 1. The van der Waals surface area contributed by atoms with E-state index in [0.29, 0.717) is 22.4 Å². The summed E-state index contributed by atoms with van der Waals surface area (Å²) in [5.74, 6) is 1.23. The third-order valence-electron chi connectivity index (χ3n) is 3.68. The van der Waals surface area contributed by atoms with Crippen LogP contribution in [0.3, 0.4) is 0 Å². The number of nitrogens with zero attached hydrogens (tertiary/aromatic N) is 3. The summed E-state index contributed by atoms with van der Waals surface area (Å²) in [6, 6.07) is 13.2. The SMILES string of the molecule is C=CCN1C(=O)/C(=C/c2cccc(OC)c2)S/C1=N/c1cccc(C)n1. The number of pyridine rings is 1. The van der Waals surface area contributed by atoms with Crippen LogP contribution in [0.2, 0.25) is 0 Å². The number of rotatable bonds is 5. The fraction of sp³-hybridized carbons (Fsp3) is 0.150. The first kappa shape index (κ1) is 17.9. The van der Waals surface area contributed by atoms with Crippen molar-refractivity contribution >= 4 is 34.7 Å². The summed E-state index contributed by atoms with van der Waals surface area (Å²) in [4.78, 5) is 23.9. The van der Waals surface area contributed by atoms with Crippen LogP contribution in [0, 0.1) is 6.92 Å². The fourth-order valence-electron chi connectivity index (χ4n) is 2.45. The van der Waals surface area contributed by atoms with E-state index in [0.717, 1.165) is 17.0 Å². The lowest BCUT2D eigenvalue weighted by molar-refractivity contribution is -0.121. The Labute approximate surface area is 157 Å². The van der Waals surface area contributed by atoms with E-state index < -0.39 is 0 Å². The summed E-state index contributed by atoms with van der Waals surface area (Å²) in [6.45, 7) is 6.04. The lowest BCUT2D eigenvalue weighted by Crippen LogP contribution is -2.29. The van der Waals surface area contributed by atoms with Crippen LogP contribution in [-0.4, -0.2) is 34.6 Å². The Morgan fingerprint density at radius 3 is 2.85 bits per heavy atom. The highest BCUT2D eigenvalue weighted by Crippen LogP contribution is 2.34. The highest BCUT2D eigenvalue weighted by Gasteiger charge is 2.32. The second kappa shape index (κ2) is 8.01. The van der Waals surface area contributed by atoms with Crippen molar-refractivity contribution in [3.05, 3.63) is 71.3 Å². The molecular formula is C20H19N3O2S. The Hall–Kier alpha value is -2.86. The summed E-state index contributed by atoms with van der Waals surface area (Å²) in [6.07, 6.45) is 3.53. The Morgan fingerprint density at radius 1 is 1.31 bits per heavy atom. The molecule has 0 unspecified atom stereocenters. The third kappa shape index (κ3) is 4.03. The van der Waals surface area contributed by atoms with Crippen LogP contribution in [0.25, 0.3) is 6.08 Å². The molecule has 0 aliphatic carbocycles. The number of aromatic nitrogens is 1. The minimum absolute atomic E-state index is 0.0934. The van der Waals surface area contributed by atoms with Crippen LogP contribution >= 0.6 is 11.8 Å². The zero-order valence-corrected chi connectivity index (χ0v) is 15.5. The molecule has 0 radical (unpaired) electrons. The lowest BCUT2D eigenvalue weighted by Gasteiger charge is -2.12. The van der Waals surface area contributed by atoms with Gasteiger partial charge in [-0.25, -0.2) is 9.98 Å². The first-order valence-corrected chi connectivity index (χ1v) is 8.91. The van der Waals surface area contributed by atoms with Crippen molar-refractivity contribution in [3.63, 3.8) is 0 Å². The van der Waals surface area contributed by atoms with Crippen molar-refractivity contribution in [1.29, 1.82) is 0 Å². The maximum Gasteiger partial charge on any atom is 0.267 e. The molecule has 3 rings (SSSR count). The molecule has 1 saturated heterocycles. The third-order valence-corrected chi connectivity index (χ3v) is 4.68. The number of thioether (sulfide) groups is 1. The van der Waals surface area contributed by atoms with Crippen molar-refractivity contribution < 1.29 is 9.53 Å². The first-order chi connectivity index (χ1) is 12.6. The molecule has 0 spiro atoms. The van der Waals surface area contributed by atoms with Crippen molar-refractivity contribution in [3.8, 4) is 5.75 Å². The van der Waals surface area contributed by atoms with Crippen LogP contribution in [0.15, 0.2) is 65.0 Å². The lowest BCUT2D eigenvalue weighted by atomic mass is 10.2. The van der Waals surface area contributed by atoms with Gasteiger partial charge >= 0.3 is 0 Å². The van der Waals surface area contributed by atoms with Gasteiger partial charge in [0, 0.05) is 12.2 Å². The molecule has 1 aromatic heterocycles. The number of ether oxygens (including phenoxy) is 1. The molecule has 0 N–H and O–H groups in total. The van der Waals surface area contributed by atoms with Crippen molar-refractivity contribution in [2.75, 3.05) is 13.7 Å². The van der Waals surface area contributed by atoms with Crippen molar-refractivity contribution in [2.24, 2.45) is 4.99 Å². The largest absolute Gasteiger partial charge is 0.497 e. The van der Waals surface area contributed by atoms with Crippen molar-refractivity contribution in [2.45, 2.75) is 6.92 Å². The molecule has 1 aromatic carbocycles. The van der Waals surface area contributed by atoms with E-state index >= 15 is 0 Å². The highest BCUT2D eigenvalue weighted by atomic mass is 32.2. The molecule has 0 bridgehead atoms. The summed E-state index contributed by atoms with van der Waals surface area (Å²) in [5.41, 5.74) is 1.78. The molecule has 1 aliphatic rings. The minimum atomic E-state index is -0.0934. The number of hydrogen-bond acceptors (Lipinski definition) is 5. The maximum atomic E-state index is 12.8. The van der Waals surface area contributed by atoms with Gasteiger partial charge in [0.05, 0.1) is 12.0 Å². The molecule has 132 valence electrons. The van der Waals surface area contributed by atoms with Crippen LogP contribution in [0.4, 0.5) is 5.82 Å². The molecule has 5 nitrogen and oxygen atoms in total. The number of carbonyl (C=O) groups excluding carboxylic acids is 1. The summed E-state index contributed by atoms with van der Waals surface area (Å²) < 4.78 is 5.24. The van der Waals surface area contributed by atoms with E-state index in [1.807, 2.05) is 55.5 Å². The molecule has 2 aromatic rings. The normalized spacial score (nSPS) is 17.2. The smallest absolute Gasteiger partial charge is 0.267 e. The minimum Gasteiger partial charge on any atom is -0.497 e. The van der Waals surface area contributed by atoms with E-state index in [2.05, 4.69) is 16.6 Å². The Kier molecular flexibility index (Phi) is 5.53. The van der Waals surface area contributed by atoms with Crippen LogP contribution in [0.5, 0.6) is 5.75 Å². The molecule has 26 heavy (non-hydrogen) atoms. The summed E-state index contributed by atoms with van der Waals surface area (Å²) >= 11 is 1.33. The van der Waals surface area contributed by atoms with Gasteiger partial charge in [-0.15, -0.1) is 6.58 Å². The van der Waals surface area contributed by atoms with Gasteiger partial charge in [0.25, 0.3) is 5.91 Å². The number of aliphatic imine (C=N–C) groups is 1. The zero-order valence-electron chi connectivity index (χ0n) is 14.7. The van der Waals surface area contributed by atoms with Crippen LogP contribution < -0.4 is 4.74 Å². The van der Waals surface area contributed by atoms with E-state index in [1.54, 1.807) is 18.1 Å². The second-order valence-electron chi connectivity index (χ2n) is 5.62. The number of aryl methyl sites for hydroxylation is 1. The quantitative estimate of drug-likeness (QED) is 0.589. The predicted octanol–water partition coefficient (Wildman–Crippen LogP) is 4.19. The van der Waals surface area contributed by atoms with Gasteiger partial charge in [-0.2, -0.15) is 0 Å². The van der Waals surface area contributed by atoms with Crippen LogP contribution in [-0.2, 0) is 4.79 Å². The van der Waals surface area contributed by atoms with E-state index in [1.165, 1.54) is 11.8 Å². The highest BCUT2D eigenvalue weighted by molar-refractivity contribution is 8.18. The topological polar surface area (TPSA) is 54.8 Å². The maximum absolute atomic E-state index is 12.8. The second-order valence-corrected chi connectivity index (χ2v) is 6.63. The molecule has 2 heterocycles. The molecular weight excluding hydrogens is 346 g/mol. The number of amides is 1. The zero-order chi connectivity index (χ0) is 18.5. The molecule has 0 saturated carbocycles. The average Bonchev–Trinajstić information content (AvgIpc) is 2.91. The van der Waals surface area contributed by atoms with Gasteiger partial charge in [-0.3, -0.25) is 9.69 Å². The summed E-state index contributed by atoms with van der Waals surface area (Å²) in [5, 5.41) is 0.599. The van der Waals surface area contributed by atoms with Gasteiger partial charge in [0.2, 0.25) is 0 Å². The molecule has 1 fully saturated rings. The fourth-order valence-corrected chi connectivity index (χ4v) is 3.45. The van der Waals surface area contributed by atoms with Gasteiger partial charge in [-0.1, -0.05) is 24.3 Å². The summed E-state index contributed by atoms with van der Waals surface area (Å²) in [7, 11) is 1.62. The number of carbonyl (C=O) groups is 1. The number of methoxy groups -OCH3 is 1.